The Morgan fingerprint density at radius 2 is 1.95 bits per heavy atom. The molecule has 0 aliphatic rings. The van der Waals surface area contributed by atoms with Crippen molar-refractivity contribution in [1.29, 1.82) is 0 Å². The summed E-state index contributed by atoms with van der Waals surface area (Å²) >= 11 is 6.01. The predicted molar refractivity (Wildman–Crippen MR) is 78.9 cm³/mol. The van der Waals surface area contributed by atoms with Crippen LogP contribution in [0.15, 0.2) is 54.7 Å². The summed E-state index contributed by atoms with van der Waals surface area (Å²) in [4.78, 5) is 21.5. The second kappa shape index (κ2) is 5.95. The molecule has 1 N–H and O–H groups in total. The number of hydrogen-bond donors (Lipinski definition) is 1. The van der Waals surface area contributed by atoms with Gasteiger partial charge < -0.3 is 0 Å². The van der Waals surface area contributed by atoms with Crippen molar-refractivity contribution in [2.24, 2.45) is 0 Å². The van der Waals surface area contributed by atoms with Gasteiger partial charge in [-0.3, -0.25) is 14.0 Å². The molecule has 0 atom stereocenters. The number of nitrogens with one attached hydrogen (secondary N) is 1. The topological polar surface area (TPSA) is 55.6 Å². The Kier molecular flexibility index (Phi) is 3.85. The number of aromatic nitrogens is 2. The number of halogens is 1. The van der Waals surface area contributed by atoms with E-state index in [1.807, 2.05) is 36.4 Å². The maximum Gasteiger partial charge on any atom is 0.295 e. The molecule has 2 aromatic heterocycles. The lowest BCUT2D eigenvalue weighted by Crippen LogP contribution is -2.25. The molecular weight excluding hydrogens is 290 g/mol. The molecule has 0 aliphatic carbocycles. The maximum atomic E-state index is 12.1. The van der Waals surface area contributed by atoms with Gasteiger partial charge in [0.05, 0.1) is 6.61 Å². The highest BCUT2D eigenvalue weighted by molar-refractivity contribution is 6.32. The van der Waals surface area contributed by atoms with Gasteiger partial charge in [0.2, 0.25) is 0 Å². The number of fused-ring (bicyclic) bond motifs is 1. The van der Waals surface area contributed by atoms with E-state index in [1.54, 1.807) is 22.7 Å². The predicted octanol–water partition coefficient (Wildman–Crippen LogP) is 2.85. The number of hydrogen-bond acceptors (Lipinski definition) is 3. The van der Waals surface area contributed by atoms with E-state index in [9.17, 15) is 4.79 Å². The molecule has 0 saturated carbocycles. The van der Waals surface area contributed by atoms with E-state index < -0.39 is 5.91 Å². The number of rotatable bonds is 4. The van der Waals surface area contributed by atoms with E-state index in [0.717, 1.165) is 5.56 Å². The molecular formula is C15H12ClN3O2. The van der Waals surface area contributed by atoms with E-state index in [2.05, 4.69) is 10.5 Å². The van der Waals surface area contributed by atoms with Gasteiger partial charge >= 0.3 is 0 Å². The fourth-order valence-electron chi connectivity index (χ4n) is 1.98. The summed E-state index contributed by atoms with van der Waals surface area (Å²) in [5.41, 5.74) is 4.20. The number of carbonyl (C=O) groups excluding carboxylic acids is 1. The van der Waals surface area contributed by atoms with E-state index in [0.29, 0.717) is 5.65 Å². The van der Waals surface area contributed by atoms with Gasteiger partial charge in [-0.15, -0.1) is 0 Å². The van der Waals surface area contributed by atoms with Crippen LogP contribution in [0.5, 0.6) is 0 Å². The summed E-state index contributed by atoms with van der Waals surface area (Å²) in [6.45, 7) is 0.279. The van der Waals surface area contributed by atoms with Crippen LogP contribution in [0.25, 0.3) is 5.65 Å². The Balaban J connectivity index is 1.71. The highest BCUT2D eigenvalue weighted by Gasteiger charge is 2.17. The lowest BCUT2D eigenvalue weighted by Gasteiger charge is -2.06. The summed E-state index contributed by atoms with van der Waals surface area (Å²) in [5, 5.41) is 0.141. The minimum atomic E-state index is -0.436. The van der Waals surface area contributed by atoms with E-state index >= 15 is 0 Å². The molecule has 0 fully saturated rings. The second-order valence-corrected chi connectivity index (χ2v) is 4.74. The molecule has 3 rings (SSSR count). The van der Waals surface area contributed by atoms with Crippen LogP contribution in [0.4, 0.5) is 0 Å². The monoisotopic (exact) mass is 301 g/mol. The third-order valence-corrected chi connectivity index (χ3v) is 3.21. The van der Waals surface area contributed by atoms with Crippen LogP contribution in [-0.4, -0.2) is 15.3 Å². The van der Waals surface area contributed by atoms with Crippen LogP contribution in [-0.2, 0) is 11.4 Å². The van der Waals surface area contributed by atoms with Crippen LogP contribution in [0, 0.1) is 0 Å². The average Bonchev–Trinajstić information content (AvgIpc) is 2.84. The first kappa shape index (κ1) is 13.6. The van der Waals surface area contributed by atoms with Crippen LogP contribution in [0.1, 0.15) is 16.1 Å². The second-order valence-electron chi connectivity index (χ2n) is 4.39. The van der Waals surface area contributed by atoms with Crippen molar-refractivity contribution in [2.75, 3.05) is 0 Å². The van der Waals surface area contributed by atoms with Gasteiger partial charge in [0.15, 0.2) is 10.8 Å². The molecule has 0 spiro atoms. The first-order valence-electron chi connectivity index (χ1n) is 6.34. The van der Waals surface area contributed by atoms with Crippen molar-refractivity contribution < 1.29 is 9.63 Å². The Morgan fingerprint density at radius 1 is 1.19 bits per heavy atom. The normalized spacial score (nSPS) is 10.7. The molecule has 0 saturated heterocycles. The van der Waals surface area contributed by atoms with Crippen molar-refractivity contribution in [3.05, 3.63) is 71.1 Å². The molecule has 0 radical (unpaired) electrons. The van der Waals surface area contributed by atoms with Crippen molar-refractivity contribution in [2.45, 2.75) is 6.61 Å². The first-order valence-corrected chi connectivity index (χ1v) is 6.72. The number of carbonyl (C=O) groups is 1. The molecule has 1 aromatic carbocycles. The number of pyridine rings is 1. The Morgan fingerprint density at radius 3 is 2.76 bits per heavy atom. The average molecular weight is 302 g/mol. The molecule has 21 heavy (non-hydrogen) atoms. The molecule has 2 heterocycles. The third kappa shape index (κ3) is 2.89. The van der Waals surface area contributed by atoms with Gasteiger partial charge in [0.1, 0.15) is 5.65 Å². The van der Waals surface area contributed by atoms with E-state index in [4.69, 9.17) is 16.4 Å². The molecule has 0 bridgehead atoms. The molecule has 106 valence electrons. The van der Waals surface area contributed by atoms with Crippen LogP contribution in [0.3, 0.4) is 0 Å². The summed E-state index contributed by atoms with van der Waals surface area (Å²) in [7, 11) is 0. The first-order chi connectivity index (χ1) is 10.3. The highest BCUT2D eigenvalue weighted by atomic mass is 35.5. The third-order valence-electron chi connectivity index (χ3n) is 2.95. The number of amides is 1. The van der Waals surface area contributed by atoms with Gasteiger partial charge in [-0.2, -0.15) is 0 Å². The zero-order valence-electron chi connectivity index (χ0n) is 11.0. The molecule has 0 aliphatic heterocycles. The molecule has 6 heteroatoms. The summed E-state index contributed by atoms with van der Waals surface area (Å²) in [6.07, 6.45) is 1.72. The summed E-state index contributed by atoms with van der Waals surface area (Å²) in [6, 6.07) is 14.9. The lowest BCUT2D eigenvalue weighted by atomic mass is 10.2. The molecule has 0 unspecified atom stereocenters. The number of benzene rings is 1. The van der Waals surface area contributed by atoms with Gasteiger partial charge in [-0.05, 0) is 17.7 Å². The maximum absolute atomic E-state index is 12.1. The molecule has 1 amide bonds. The minimum absolute atomic E-state index is 0.141. The van der Waals surface area contributed by atoms with Crippen LogP contribution in [0.2, 0.25) is 5.15 Å². The van der Waals surface area contributed by atoms with Gasteiger partial charge in [-0.25, -0.2) is 10.5 Å². The SMILES string of the molecule is O=C(NOCc1ccccc1)c1c(Cl)nc2ccccn12. The lowest BCUT2D eigenvalue weighted by molar-refractivity contribution is 0.0229. The van der Waals surface area contributed by atoms with Crippen molar-refractivity contribution in [1.82, 2.24) is 14.9 Å². The zero-order chi connectivity index (χ0) is 14.7. The van der Waals surface area contributed by atoms with Crippen LogP contribution < -0.4 is 5.48 Å². The molecule has 3 aromatic rings. The Labute approximate surface area is 126 Å². The van der Waals surface area contributed by atoms with Crippen molar-refractivity contribution in [3.63, 3.8) is 0 Å². The minimum Gasteiger partial charge on any atom is -0.294 e. The van der Waals surface area contributed by atoms with Crippen LogP contribution >= 0.6 is 11.6 Å². The molecule has 5 nitrogen and oxygen atoms in total. The summed E-state index contributed by atoms with van der Waals surface area (Å²) in [5.74, 6) is -0.436. The van der Waals surface area contributed by atoms with Gasteiger partial charge in [0, 0.05) is 6.20 Å². The van der Waals surface area contributed by atoms with E-state index in [1.165, 1.54) is 0 Å². The number of nitrogens with zero attached hydrogens (tertiary/aromatic N) is 2. The largest absolute Gasteiger partial charge is 0.295 e. The fourth-order valence-corrected chi connectivity index (χ4v) is 2.24. The van der Waals surface area contributed by atoms with Crippen molar-refractivity contribution in [3.8, 4) is 0 Å². The number of imidazole rings is 1. The zero-order valence-corrected chi connectivity index (χ0v) is 11.7. The Bertz CT molecular complexity index is 771. The van der Waals surface area contributed by atoms with E-state index in [-0.39, 0.29) is 17.5 Å². The van der Waals surface area contributed by atoms with Gasteiger partial charge in [-0.1, -0.05) is 48.0 Å². The summed E-state index contributed by atoms with van der Waals surface area (Å²) < 4.78 is 1.61. The standard InChI is InChI=1S/C15H12ClN3O2/c16-14-13(19-9-5-4-8-12(19)17-14)15(20)18-21-10-11-6-2-1-3-7-11/h1-9H,10H2,(H,18,20). The fraction of sp³-hybridized carbons (Fsp3) is 0.0667. The number of hydroxylamine groups is 1. The van der Waals surface area contributed by atoms with Gasteiger partial charge in [0.25, 0.3) is 5.91 Å². The quantitative estimate of drug-likeness (QED) is 0.754. The smallest absolute Gasteiger partial charge is 0.294 e. The van der Waals surface area contributed by atoms with Crippen molar-refractivity contribution >= 4 is 23.2 Å². The Hall–Kier alpha value is -2.37. The highest BCUT2D eigenvalue weighted by Crippen LogP contribution is 2.17.